The SMILES string of the molecule is CC/C(=C\N(C)C)C(=O)c1cc2cc(OC)c(NC(C)=O)cc2[nH]1. The van der Waals surface area contributed by atoms with Crippen LogP contribution in [0.15, 0.2) is 30.0 Å². The fourth-order valence-electron chi connectivity index (χ4n) is 2.53. The van der Waals surface area contributed by atoms with Crippen LogP contribution in [0.5, 0.6) is 5.75 Å². The van der Waals surface area contributed by atoms with E-state index < -0.39 is 0 Å². The number of ether oxygens (including phenoxy) is 1. The molecule has 0 aliphatic carbocycles. The number of fused-ring (bicyclic) bond motifs is 1. The van der Waals surface area contributed by atoms with Gasteiger partial charge in [-0.05, 0) is 24.6 Å². The number of H-pyrrole nitrogens is 1. The van der Waals surface area contributed by atoms with Gasteiger partial charge < -0.3 is 19.9 Å². The fourth-order valence-corrected chi connectivity index (χ4v) is 2.53. The first-order chi connectivity index (χ1) is 11.3. The molecule has 0 aliphatic rings. The van der Waals surface area contributed by atoms with Gasteiger partial charge in [0, 0.05) is 43.7 Å². The molecule has 0 fully saturated rings. The lowest BCUT2D eigenvalue weighted by Gasteiger charge is -2.09. The highest BCUT2D eigenvalue weighted by Crippen LogP contribution is 2.31. The highest BCUT2D eigenvalue weighted by molar-refractivity contribution is 6.10. The Labute approximate surface area is 141 Å². The van der Waals surface area contributed by atoms with Gasteiger partial charge >= 0.3 is 0 Å². The third-order valence-electron chi connectivity index (χ3n) is 3.58. The van der Waals surface area contributed by atoms with E-state index in [2.05, 4.69) is 10.3 Å². The number of allylic oxidation sites excluding steroid dienone is 1. The number of Topliss-reactive ketones (excluding diaryl/α,β-unsaturated/α-hetero) is 1. The topological polar surface area (TPSA) is 74.4 Å². The van der Waals surface area contributed by atoms with Gasteiger partial charge in [0.2, 0.25) is 11.7 Å². The van der Waals surface area contributed by atoms with E-state index in [0.717, 1.165) is 16.5 Å². The summed E-state index contributed by atoms with van der Waals surface area (Å²) in [7, 11) is 5.32. The fraction of sp³-hybridized carbons (Fsp3) is 0.333. The number of hydrogen-bond acceptors (Lipinski definition) is 4. The van der Waals surface area contributed by atoms with Crippen LogP contribution in [-0.2, 0) is 4.79 Å². The van der Waals surface area contributed by atoms with Crippen LogP contribution in [0.1, 0.15) is 30.8 Å². The van der Waals surface area contributed by atoms with E-state index in [9.17, 15) is 9.59 Å². The standard InChI is InChI=1S/C18H23N3O3/c1-6-12(10-21(3)4)18(23)16-7-13-8-17(24-5)15(19-11(2)22)9-14(13)20-16/h7-10,20H,6H2,1-5H3,(H,19,22)/b12-10+. The maximum Gasteiger partial charge on any atom is 0.221 e. The molecule has 0 unspecified atom stereocenters. The number of aromatic amines is 1. The molecule has 128 valence electrons. The van der Waals surface area contributed by atoms with Crippen LogP contribution in [0.25, 0.3) is 10.9 Å². The number of ketones is 1. The molecule has 0 spiro atoms. The Morgan fingerprint density at radius 1 is 1.29 bits per heavy atom. The van der Waals surface area contributed by atoms with E-state index in [4.69, 9.17) is 4.74 Å². The van der Waals surface area contributed by atoms with Crippen molar-refractivity contribution in [2.24, 2.45) is 0 Å². The Balaban J connectivity index is 2.47. The Hall–Kier alpha value is -2.76. The number of aromatic nitrogens is 1. The summed E-state index contributed by atoms with van der Waals surface area (Å²) in [5.41, 5.74) is 2.57. The van der Waals surface area contributed by atoms with Crippen molar-refractivity contribution in [2.45, 2.75) is 20.3 Å². The number of methoxy groups -OCH3 is 1. The number of carbonyl (C=O) groups is 2. The average molecular weight is 329 g/mol. The molecular weight excluding hydrogens is 306 g/mol. The predicted octanol–water partition coefficient (Wildman–Crippen LogP) is 3.17. The van der Waals surface area contributed by atoms with Crippen molar-refractivity contribution >= 4 is 28.3 Å². The Kier molecular flexibility index (Phi) is 5.28. The molecule has 0 aliphatic heterocycles. The normalized spacial score (nSPS) is 11.5. The van der Waals surface area contributed by atoms with Crippen molar-refractivity contribution in [1.29, 1.82) is 0 Å². The molecule has 0 saturated heterocycles. The lowest BCUT2D eigenvalue weighted by Crippen LogP contribution is -2.09. The van der Waals surface area contributed by atoms with E-state index in [1.54, 1.807) is 25.3 Å². The van der Waals surface area contributed by atoms with Gasteiger partial charge in [-0.2, -0.15) is 0 Å². The van der Waals surface area contributed by atoms with Crippen molar-refractivity contribution in [3.63, 3.8) is 0 Å². The summed E-state index contributed by atoms with van der Waals surface area (Å²) in [6.45, 7) is 3.39. The summed E-state index contributed by atoms with van der Waals surface area (Å²) in [5.74, 6) is 0.329. The monoisotopic (exact) mass is 329 g/mol. The van der Waals surface area contributed by atoms with Gasteiger partial charge in [-0.15, -0.1) is 0 Å². The van der Waals surface area contributed by atoms with E-state index in [1.165, 1.54) is 6.92 Å². The number of carbonyl (C=O) groups excluding carboxylic acids is 2. The van der Waals surface area contributed by atoms with Crippen LogP contribution >= 0.6 is 0 Å². The minimum Gasteiger partial charge on any atom is -0.495 e. The average Bonchev–Trinajstić information content (AvgIpc) is 2.93. The second kappa shape index (κ2) is 7.21. The summed E-state index contributed by atoms with van der Waals surface area (Å²) in [5, 5.41) is 3.58. The summed E-state index contributed by atoms with van der Waals surface area (Å²) in [6.07, 6.45) is 2.48. The second-order valence-corrected chi connectivity index (χ2v) is 5.80. The quantitative estimate of drug-likeness (QED) is 0.630. The van der Waals surface area contributed by atoms with Crippen LogP contribution in [0.4, 0.5) is 5.69 Å². The molecular formula is C18H23N3O3. The zero-order chi connectivity index (χ0) is 17.9. The maximum atomic E-state index is 12.7. The molecule has 1 aromatic carbocycles. The first-order valence-electron chi connectivity index (χ1n) is 7.75. The van der Waals surface area contributed by atoms with Crippen LogP contribution in [0.3, 0.4) is 0 Å². The van der Waals surface area contributed by atoms with E-state index in [-0.39, 0.29) is 11.7 Å². The van der Waals surface area contributed by atoms with Gasteiger partial charge in [0.1, 0.15) is 5.75 Å². The van der Waals surface area contributed by atoms with Gasteiger partial charge in [0.15, 0.2) is 0 Å². The molecule has 0 atom stereocenters. The highest BCUT2D eigenvalue weighted by Gasteiger charge is 2.16. The number of amides is 1. The van der Waals surface area contributed by atoms with Crippen molar-refractivity contribution in [3.8, 4) is 5.75 Å². The molecule has 1 aromatic heterocycles. The Morgan fingerprint density at radius 3 is 2.54 bits per heavy atom. The Morgan fingerprint density at radius 2 is 2.00 bits per heavy atom. The first kappa shape index (κ1) is 17.6. The van der Waals surface area contributed by atoms with Gasteiger partial charge in [0.05, 0.1) is 18.5 Å². The number of benzene rings is 1. The smallest absolute Gasteiger partial charge is 0.221 e. The molecule has 0 radical (unpaired) electrons. The van der Waals surface area contributed by atoms with Gasteiger partial charge in [0.25, 0.3) is 0 Å². The zero-order valence-corrected chi connectivity index (χ0v) is 14.7. The lowest BCUT2D eigenvalue weighted by molar-refractivity contribution is -0.114. The molecule has 6 heteroatoms. The minimum absolute atomic E-state index is 0.0394. The van der Waals surface area contributed by atoms with Gasteiger partial charge in [-0.1, -0.05) is 6.92 Å². The summed E-state index contributed by atoms with van der Waals surface area (Å²) >= 11 is 0. The molecule has 0 saturated carbocycles. The third kappa shape index (κ3) is 3.76. The summed E-state index contributed by atoms with van der Waals surface area (Å²) < 4.78 is 5.31. The number of rotatable bonds is 6. The van der Waals surface area contributed by atoms with Gasteiger partial charge in [-0.25, -0.2) is 0 Å². The number of nitrogens with one attached hydrogen (secondary N) is 2. The van der Waals surface area contributed by atoms with Crippen molar-refractivity contribution in [2.75, 3.05) is 26.5 Å². The number of hydrogen-bond donors (Lipinski definition) is 2. The van der Waals surface area contributed by atoms with Crippen LogP contribution in [0.2, 0.25) is 0 Å². The van der Waals surface area contributed by atoms with E-state index >= 15 is 0 Å². The van der Waals surface area contributed by atoms with Gasteiger partial charge in [-0.3, -0.25) is 9.59 Å². The zero-order valence-electron chi connectivity index (χ0n) is 14.7. The maximum absolute atomic E-state index is 12.7. The van der Waals surface area contributed by atoms with Crippen LogP contribution < -0.4 is 10.1 Å². The molecule has 24 heavy (non-hydrogen) atoms. The van der Waals surface area contributed by atoms with E-state index in [0.29, 0.717) is 23.6 Å². The van der Waals surface area contributed by atoms with Crippen LogP contribution in [0, 0.1) is 0 Å². The lowest BCUT2D eigenvalue weighted by atomic mass is 10.1. The minimum atomic E-state index is -0.183. The molecule has 1 heterocycles. The molecule has 2 rings (SSSR count). The summed E-state index contributed by atoms with van der Waals surface area (Å²) in [6, 6.07) is 5.37. The van der Waals surface area contributed by atoms with Crippen molar-refractivity contribution < 1.29 is 14.3 Å². The van der Waals surface area contributed by atoms with Crippen molar-refractivity contribution in [3.05, 3.63) is 35.7 Å². The Bertz CT molecular complexity index is 803. The van der Waals surface area contributed by atoms with E-state index in [1.807, 2.05) is 32.1 Å². The third-order valence-corrected chi connectivity index (χ3v) is 3.58. The second-order valence-electron chi connectivity index (χ2n) is 5.80. The summed E-state index contributed by atoms with van der Waals surface area (Å²) in [4.78, 5) is 29.0. The first-order valence-corrected chi connectivity index (χ1v) is 7.75. The highest BCUT2D eigenvalue weighted by atomic mass is 16.5. The predicted molar refractivity (Wildman–Crippen MR) is 95.5 cm³/mol. The molecule has 2 aromatic rings. The number of nitrogens with zero attached hydrogens (tertiary/aromatic N) is 1. The molecule has 0 bridgehead atoms. The molecule has 1 amide bonds. The number of anilines is 1. The largest absolute Gasteiger partial charge is 0.495 e. The molecule has 6 nitrogen and oxygen atoms in total. The van der Waals surface area contributed by atoms with Crippen LogP contribution in [-0.4, -0.2) is 42.8 Å². The molecule has 2 N–H and O–H groups in total. The van der Waals surface area contributed by atoms with Crippen molar-refractivity contribution in [1.82, 2.24) is 9.88 Å².